The van der Waals surface area contributed by atoms with Gasteiger partial charge in [0.2, 0.25) is 5.91 Å². The molecule has 0 aliphatic heterocycles. The van der Waals surface area contributed by atoms with Gasteiger partial charge in [-0.3, -0.25) is 4.79 Å². The lowest BCUT2D eigenvalue weighted by Crippen LogP contribution is -2.45. The Morgan fingerprint density at radius 3 is 2.56 bits per heavy atom. The molecule has 0 aromatic carbocycles. The molecule has 0 aliphatic rings. The first-order valence-electron chi connectivity index (χ1n) is 4.98. The number of aromatic nitrogens is 1. The summed E-state index contributed by atoms with van der Waals surface area (Å²) in [5.74, 6) is 0.287. The molecule has 0 radical (unpaired) electrons. The van der Waals surface area contributed by atoms with E-state index in [0.29, 0.717) is 5.82 Å². The Hall–Kier alpha value is -0.940. The minimum absolute atomic E-state index is 0.220. The highest BCUT2D eigenvalue weighted by molar-refractivity contribution is 9.10. The van der Waals surface area contributed by atoms with Crippen molar-refractivity contribution >= 4 is 27.7 Å². The molecule has 16 heavy (non-hydrogen) atoms. The van der Waals surface area contributed by atoms with Crippen LogP contribution in [0.3, 0.4) is 0 Å². The number of anilines is 1. The van der Waals surface area contributed by atoms with Crippen LogP contribution < -0.4 is 11.1 Å². The largest absolute Gasteiger partial charge is 0.319 e. The van der Waals surface area contributed by atoms with Crippen LogP contribution in [0.15, 0.2) is 22.8 Å². The predicted octanol–water partition coefficient (Wildman–Crippen LogP) is 2.16. The summed E-state index contributed by atoms with van der Waals surface area (Å²) < 4.78 is 0.866. The molecular weight excluding hydrogens is 270 g/mol. The summed E-state index contributed by atoms with van der Waals surface area (Å²) in [5, 5.41) is 2.68. The zero-order valence-corrected chi connectivity index (χ0v) is 11.2. The lowest BCUT2D eigenvalue weighted by molar-refractivity contribution is -0.119. The van der Waals surface area contributed by atoms with E-state index >= 15 is 0 Å². The zero-order chi connectivity index (χ0) is 12.3. The van der Waals surface area contributed by atoms with Gasteiger partial charge >= 0.3 is 0 Å². The number of rotatable bonds is 2. The second-order valence-electron chi connectivity index (χ2n) is 4.69. The van der Waals surface area contributed by atoms with Gasteiger partial charge in [-0.25, -0.2) is 4.98 Å². The van der Waals surface area contributed by atoms with Gasteiger partial charge in [0.25, 0.3) is 0 Å². The third kappa shape index (κ3) is 3.57. The van der Waals surface area contributed by atoms with Gasteiger partial charge in [0.1, 0.15) is 5.82 Å². The van der Waals surface area contributed by atoms with E-state index in [0.717, 1.165) is 4.47 Å². The van der Waals surface area contributed by atoms with Gasteiger partial charge in [0.15, 0.2) is 0 Å². The molecule has 0 fully saturated rings. The highest BCUT2D eigenvalue weighted by Crippen LogP contribution is 2.18. The van der Waals surface area contributed by atoms with Gasteiger partial charge in [0, 0.05) is 10.7 Å². The van der Waals surface area contributed by atoms with E-state index in [4.69, 9.17) is 5.73 Å². The standard InChI is InChI=1S/C11H16BrN3O/c1-11(2,3)9(13)10(16)15-8-5-4-7(12)6-14-8/h4-6,9H,13H2,1-3H3,(H,14,15,16)/t9-/m1/s1. The number of hydrogen-bond donors (Lipinski definition) is 2. The van der Waals surface area contributed by atoms with Crippen LogP contribution >= 0.6 is 15.9 Å². The molecule has 1 atom stereocenters. The molecule has 88 valence electrons. The van der Waals surface area contributed by atoms with Crippen molar-refractivity contribution in [2.75, 3.05) is 5.32 Å². The number of halogens is 1. The number of amides is 1. The van der Waals surface area contributed by atoms with Crippen molar-refractivity contribution in [3.63, 3.8) is 0 Å². The van der Waals surface area contributed by atoms with Crippen molar-refractivity contribution in [3.8, 4) is 0 Å². The summed E-state index contributed by atoms with van der Waals surface area (Å²) in [7, 11) is 0. The summed E-state index contributed by atoms with van der Waals surface area (Å²) in [6.45, 7) is 5.77. The van der Waals surface area contributed by atoms with Crippen LogP contribution in [-0.2, 0) is 4.79 Å². The molecule has 1 amide bonds. The molecule has 4 nitrogen and oxygen atoms in total. The Balaban J connectivity index is 2.68. The molecule has 1 rings (SSSR count). The fraction of sp³-hybridized carbons (Fsp3) is 0.455. The minimum atomic E-state index is -0.557. The molecule has 0 unspecified atom stereocenters. The number of carbonyl (C=O) groups excluding carboxylic acids is 1. The van der Waals surface area contributed by atoms with Crippen LogP contribution in [0.2, 0.25) is 0 Å². The molecule has 1 aromatic rings. The summed E-state index contributed by atoms with van der Waals surface area (Å²) in [5.41, 5.74) is 5.56. The number of carbonyl (C=O) groups is 1. The lowest BCUT2D eigenvalue weighted by Gasteiger charge is -2.25. The molecule has 0 bridgehead atoms. The van der Waals surface area contributed by atoms with Gasteiger partial charge in [-0.1, -0.05) is 20.8 Å². The normalized spacial score (nSPS) is 13.3. The van der Waals surface area contributed by atoms with Crippen molar-refractivity contribution < 1.29 is 4.79 Å². The van der Waals surface area contributed by atoms with Crippen molar-refractivity contribution in [3.05, 3.63) is 22.8 Å². The van der Waals surface area contributed by atoms with Crippen LogP contribution in [0, 0.1) is 5.41 Å². The highest BCUT2D eigenvalue weighted by atomic mass is 79.9. The maximum absolute atomic E-state index is 11.8. The van der Waals surface area contributed by atoms with Gasteiger partial charge in [-0.2, -0.15) is 0 Å². The first kappa shape index (κ1) is 13.1. The third-order valence-corrected chi connectivity index (χ3v) is 2.66. The number of nitrogens with zero attached hydrogens (tertiary/aromatic N) is 1. The van der Waals surface area contributed by atoms with Gasteiger partial charge in [-0.15, -0.1) is 0 Å². The van der Waals surface area contributed by atoms with E-state index in [1.165, 1.54) is 0 Å². The van der Waals surface area contributed by atoms with E-state index in [9.17, 15) is 4.79 Å². The van der Waals surface area contributed by atoms with E-state index in [1.807, 2.05) is 26.8 Å². The molecule has 0 spiro atoms. The fourth-order valence-corrected chi connectivity index (χ4v) is 1.28. The number of nitrogens with one attached hydrogen (secondary N) is 1. The zero-order valence-electron chi connectivity index (χ0n) is 9.62. The Bertz CT molecular complexity index is 370. The van der Waals surface area contributed by atoms with Crippen molar-refractivity contribution in [2.45, 2.75) is 26.8 Å². The molecule has 3 N–H and O–H groups in total. The van der Waals surface area contributed by atoms with Crippen molar-refractivity contribution in [1.29, 1.82) is 0 Å². The molecule has 5 heteroatoms. The molecule has 0 aliphatic carbocycles. The number of hydrogen-bond acceptors (Lipinski definition) is 3. The van der Waals surface area contributed by atoms with Crippen molar-refractivity contribution in [2.24, 2.45) is 11.1 Å². The number of nitrogens with two attached hydrogens (primary N) is 1. The highest BCUT2D eigenvalue weighted by Gasteiger charge is 2.27. The van der Waals surface area contributed by atoms with Crippen LogP contribution in [0.25, 0.3) is 0 Å². The predicted molar refractivity (Wildman–Crippen MR) is 68.0 cm³/mol. The van der Waals surface area contributed by atoms with Gasteiger partial charge < -0.3 is 11.1 Å². The van der Waals surface area contributed by atoms with Gasteiger partial charge in [-0.05, 0) is 33.5 Å². The number of pyridine rings is 1. The second kappa shape index (κ2) is 4.93. The minimum Gasteiger partial charge on any atom is -0.319 e. The molecule has 0 saturated carbocycles. The fourth-order valence-electron chi connectivity index (χ4n) is 1.05. The van der Waals surface area contributed by atoms with Gasteiger partial charge in [0.05, 0.1) is 6.04 Å². The smallest absolute Gasteiger partial charge is 0.242 e. The molecular formula is C11H16BrN3O. The van der Waals surface area contributed by atoms with Crippen LogP contribution in [-0.4, -0.2) is 16.9 Å². The van der Waals surface area contributed by atoms with Crippen molar-refractivity contribution in [1.82, 2.24) is 4.98 Å². The first-order valence-corrected chi connectivity index (χ1v) is 5.78. The molecule has 0 saturated heterocycles. The molecule has 1 heterocycles. The van der Waals surface area contributed by atoms with Crippen LogP contribution in [0.1, 0.15) is 20.8 Å². The average Bonchev–Trinajstić information content (AvgIpc) is 2.19. The average molecular weight is 286 g/mol. The Kier molecular flexibility index (Phi) is 4.04. The first-order chi connectivity index (χ1) is 7.30. The molecule has 1 aromatic heterocycles. The Labute approximate surface area is 104 Å². The third-order valence-electron chi connectivity index (χ3n) is 2.19. The van der Waals surface area contributed by atoms with E-state index in [1.54, 1.807) is 12.3 Å². The van der Waals surface area contributed by atoms with Crippen LogP contribution in [0.5, 0.6) is 0 Å². The quantitative estimate of drug-likeness (QED) is 0.875. The second-order valence-corrected chi connectivity index (χ2v) is 5.61. The van der Waals surface area contributed by atoms with E-state index in [2.05, 4.69) is 26.2 Å². The maximum Gasteiger partial charge on any atom is 0.242 e. The summed E-state index contributed by atoms with van der Waals surface area (Å²) in [6, 6.07) is 2.97. The topological polar surface area (TPSA) is 68.0 Å². The van der Waals surface area contributed by atoms with E-state index in [-0.39, 0.29) is 11.3 Å². The Morgan fingerprint density at radius 2 is 2.12 bits per heavy atom. The summed E-state index contributed by atoms with van der Waals surface area (Å²) in [4.78, 5) is 15.8. The maximum atomic E-state index is 11.8. The summed E-state index contributed by atoms with van der Waals surface area (Å²) in [6.07, 6.45) is 1.62. The van der Waals surface area contributed by atoms with E-state index < -0.39 is 6.04 Å². The Morgan fingerprint density at radius 1 is 1.50 bits per heavy atom. The monoisotopic (exact) mass is 285 g/mol. The summed E-state index contributed by atoms with van der Waals surface area (Å²) >= 11 is 3.27. The lowest BCUT2D eigenvalue weighted by atomic mass is 9.87. The SMILES string of the molecule is CC(C)(C)[C@H](N)C(=O)Nc1ccc(Br)cn1. The van der Waals surface area contributed by atoms with Crippen LogP contribution in [0.4, 0.5) is 5.82 Å².